The molecular formula is C18H30FN. The monoisotopic (exact) mass is 279 g/mol. The second kappa shape index (κ2) is 10.8. The highest BCUT2D eigenvalue weighted by atomic mass is 19.1. The van der Waals surface area contributed by atoms with Gasteiger partial charge in [-0.25, -0.2) is 4.39 Å². The van der Waals surface area contributed by atoms with E-state index < -0.39 is 0 Å². The van der Waals surface area contributed by atoms with E-state index in [-0.39, 0.29) is 5.82 Å². The van der Waals surface area contributed by atoms with Crippen molar-refractivity contribution in [3.05, 3.63) is 29.8 Å². The van der Waals surface area contributed by atoms with Gasteiger partial charge >= 0.3 is 0 Å². The van der Waals surface area contributed by atoms with Crippen LogP contribution in [-0.2, 0) is 0 Å². The van der Waals surface area contributed by atoms with Gasteiger partial charge in [-0.1, -0.05) is 65.2 Å². The number of hydrogen-bond donors (Lipinski definition) is 0. The Labute approximate surface area is 124 Å². The molecular weight excluding hydrogens is 249 g/mol. The molecule has 114 valence electrons. The van der Waals surface area contributed by atoms with Crippen LogP contribution in [0.25, 0.3) is 0 Å². The molecule has 0 amide bonds. The second-order valence-corrected chi connectivity index (χ2v) is 5.80. The lowest BCUT2D eigenvalue weighted by Gasteiger charge is -2.16. The van der Waals surface area contributed by atoms with Gasteiger partial charge in [0.05, 0.1) is 6.20 Å². The molecule has 0 saturated carbocycles. The van der Waals surface area contributed by atoms with E-state index in [1.54, 1.807) is 6.07 Å². The topological polar surface area (TPSA) is 12.9 Å². The molecule has 0 saturated heterocycles. The first-order valence-corrected chi connectivity index (χ1v) is 8.39. The first kappa shape index (κ1) is 17.1. The summed E-state index contributed by atoms with van der Waals surface area (Å²) in [7, 11) is 0. The first-order valence-electron chi connectivity index (χ1n) is 8.39. The van der Waals surface area contributed by atoms with Crippen LogP contribution in [0.4, 0.5) is 4.39 Å². The van der Waals surface area contributed by atoms with E-state index in [9.17, 15) is 4.39 Å². The van der Waals surface area contributed by atoms with Gasteiger partial charge in [-0.3, -0.25) is 4.98 Å². The largest absolute Gasteiger partial charge is 0.258 e. The van der Waals surface area contributed by atoms with Crippen molar-refractivity contribution in [3.63, 3.8) is 0 Å². The predicted molar refractivity (Wildman–Crippen MR) is 84.5 cm³/mol. The van der Waals surface area contributed by atoms with Gasteiger partial charge in [0.25, 0.3) is 0 Å². The maximum Gasteiger partial charge on any atom is 0.141 e. The number of unbranched alkanes of at least 4 members (excludes halogenated alkanes) is 6. The lowest BCUT2D eigenvalue weighted by atomic mass is 9.91. The third kappa shape index (κ3) is 7.02. The minimum absolute atomic E-state index is 0.232. The fourth-order valence-corrected chi connectivity index (χ4v) is 2.70. The van der Waals surface area contributed by atoms with E-state index in [1.165, 1.54) is 70.4 Å². The molecule has 1 aromatic rings. The van der Waals surface area contributed by atoms with Crippen LogP contribution in [0.2, 0.25) is 0 Å². The predicted octanol–water partition coefficient (Wildman–Crippen LogP) is 6.25. The van der Waals surface area contributed by atoms with Gasteiger partial charge in [0.2, 0.25) is 0 Å². The van der Waals surface area contributed by atoms with Crippen LogP contribution in [0.5, 0.6) is 0 Å². The Morgan fingerprint density at radius 2 is 1.50 bits per heavy atom. The zero-order chi connectivity index (χ0) is 14.6. The normalized spacial score (nSPS) is 12.6. The maximum absolute atomic E-state index is 13.0. The van der Waals surface area contributed by atoms with Crippen molar-refractivity contribution in [1.82, 2.24) is 4.98 Å². The molecule has 20 heavy (non-hydrogen) atoms. The molecule has 0 aromatic carbocycles. The Balaban J connectivity index is 2.44. The average molecular weight is 279 g/mol. The van der Waals surface area contributed by atoms with Gasteiger partial charge in [0.1, 0.15) is 5.82 Å². The molecule has 1 heterocycles. The van der Waals surface area contributed by atoms with Gasteiger partial charge in [-0.15, -0.1) is 0 Å². The number of nitrogens with zero attached hydrogens (tertiary/aromatic N) is 1. The van der Waals surface area contributed by atoms with Crippen molar-refractivity contribution in [2.45, 2.75) is 84.0 Å². The Bertz CT molecular complexity index is 334. The number of hydrogen-bond acceptors (Lipinski definition) is 1. The highest BCUT2D eigenvalue weighted by Gasteiger charge is 2.12. The van der Waals surface area contributed by atoms with Crippen LogP contribution in [0.3, 0.4) is 0 Å². The Morgan fingerprint density at radius 1 is 0.900 bits per heavy atom. The number of aromatic nitrogens is 1. The summed E-state index contributed by atoms with van der Waals surface area (Å²) in [6.45, 7) is 4.48. The minimum atomic E-state index is -0.232. The average Bonchev–Trinajstić information content (AvgIpc) is 2.46. The van der Waals surface area contributed by atoms with Crippen molar-refractivity contribution in [2.75, 3.05) is 0 Å². The van der Waals surface area contributed by atoms with Crippen molar-refractivity contribution in [3.8, 4) is 0 Å². The summed E-state index contributed by atoms with van der Waals surface area (Å²) in [6.07, 6.45) is 14.1. The summed E-state index contributed by atoms with van der Waals surface area (Å²) < 4.78 is 13.0. The van der Waals surface area contributed by atoms with Crippen molar-refractivity contribution < 1.29 is 4.39 Å². The Morgan fingerprint density at radius 3 is 2.10 bits per heavy atom. The molecule has 1 aromatic heterocycles. The second-order valence-electron chi connectivity index (χ2n) is 5.80. The molecule has 1 unspecified atom stereocenters. The van der Waals surface area contributed by atoms with E-state index in [0.717, 1.165) is 5.69 Å². The number of pyridine rings is 1. The molecule has 0 aliphatic rings. The van der Waals surface area contributed by atoms with Gasteiger partial charge < -0.3 is 0 Å². The van der Waals surface area contributed by atoms with Crippen LogP contribution in [-0.4, -0.2) is 4.98 Å². The van der Waals surface area contributed by atoms with Crippen LogP contribution in [0.1, 0.15) is 89.7 Å². The summed E-state index contributed by atoms with van der Waals surface area (Å²) in [6, 6.07) is 3.42. The molecule has 0 fully saturated rings. The van der Waals surface area contributed by atoms with E-state index in [1.807, 2.05) is 6.07 Å². The number of halogens is 1. The van der Waals surface area contributed by atoms with Gasteiger partial charge in [0.15, 0.2) is 0 Å². The molecule has 0 N–H and O–H groups in total. The van der Waals surface area contributed by atoms with Crippen molar-refractivity contribution in [2.24, 2.45) is 0 Å². The van der Waals surface area contributed by atoms with E-state index in [2.05, 4.69) is 18.8 Å². The number of rotatable bonds is 11. The molecule has 0 aliphatic carbocycles. The van der Waals surface area contributed by atoms with E-state index in [4.69, 9.17) is 0 Å². The highest BCUT2D eigenvalue weighted by molar-refractivity contribution is 5.10. The molecule has 0 bridgehead atoms. The Hall–Kier alpha value is -0.920. The molecule has 0 radical (unpaired) electrons. The zero-order valence-corrected chi connectivity index (χ0v) is 13.2. The van der Waals surface area contributed by atoms with Crippen LogP contribution in [0.15, 0.2) is 18.3 Å². The summed E-state index contributed by atoms with van der Waals surface area (Å²) in [4.78, 5) is 4.30. The maximum atomic E-state index is 13.0. The molecule has 0 aliphatic heterocycles. The van der Waals surface area contributed by atoms with Crippen LogP contribution < -0.4 is 0 Å². The molecule has 2 heteroatoms. The van der Waals surface area contributed by atoms with Gasteiger partial charge in [0, 0.05) is 11.6 Å². The standard InChI is InChI=1S/C18H30FN/c1-3-5-7-8-10-12-16(11-9-6-4-2)18-14-13-17(19)15-20-18/h13-16H,3-12H2,1-2H3. The van der Waals surface area contributed by atoms with Crippen LogP contribution in [0, 0.1) is 5.82 Å². The van der Waals surface area contributed by atoms with Gasteiger partial charge in [-0.2, -0.15) is 0 Å². The summed E-state index contributed by atoms with van der Waals surface area (Å²) in [5, 5.41) is 0. The third-order valence-electron chi connectivity index (χ3n) is 3.98. The smallest absolute Gasteiger partial charge is 0.141 e. The fraction of sp³-hybridized carbons (Fsp3) is 0.722. The Kier molecular flexibility index (Phi) is 9.27. The van der Waals surface area contributed by atoms with Gasteiger partial charge in [-0.05, 0) is 25.0 Å². The van der Waals surface area contributed by atoms with Crippen LogP contribution >= 0.6 is 0 Å². The minimum Gasteiger partial charge on any atom is -0.258 e. The molecule has 1 nitrogen and oxygen atoms in total. The van der Waals surface area contributed by atoms with E-state index in [0.29, 0.717) is 5.92 Å². The quantitative estimate of drug-likeness (QED) is 0.436. The molecule has 1 rings (SSSR count). The molecule has 1 atom stereocenters. The highest BCUT2D eigenvalue weighted by Crippen LogP contribution is 2.27. The summed E-state index contributed by atoms with van der Waals surface area (Å²) >= 11 is 0. The van der Waals surface area contributed by atoms with E-state index >= 15 is 0 Å². The lowest BCUT2D eigenvalue weighted by Crippen LogP contribution is -2.02. The van der Waals surface area contributed by atoms with Crippen molar-refractivity contribution >= 4 is 0 Å². The molecule has 0 spiro atoms. The lowest BCUT2D eigenvalue weighted by molar-refractivity contribution is 0.488. The third-order valence-corrected chi connectivity index (χ3v) is 3.98. The zero-order valence-electron chi connectivity index (χ0n) is 13.2. The first-order chi connectivity index (χ1) is 9.77. The summed E-state index contributed by atoms with van der Waals surface area (Å²) in [5.74, 6) is 0.285. The summed E-state index contributed by atoms with van der Waals surface area (Å²) in [5.41, 5.74) is 1.08. The SMILES string of the molecule is CCCCCCCC(CCCCC)c1ccc(F)cn1. The van der Waals surface area contributed by atoms with Crippen molar-refractivity contribution in [1.29, 1.82) is 0 Å². The fourth-order valence-electron chi connectivity index (χ4n) is 2.70.